The van der Waals surface area contributed by atoms with E-state index in [9.17, 15) is 4.79 Å². The molecule has 16 heavy (non-hydrogen) atoms. The summed E-state index contributed by atoms with van der Waals surface area (Å²) in [6, 6.07) is 0. The Kier molecular flexibility index (Phi) is 7.03. The zero-order valence-corrected chi connectivity index (χ0v) is 10.2. The second kappa shape index (κ2) is 7.76. The lowest BCUT2D eigenvalue weighted by Crippen LogP contribution is -2.31. The molecule has 0 spiro atoms. The molecule has 0 saturated heterocycles. The van der Waals surface area contributed by atoms with Crippen LogP contribution in [0.4, 0.5) is 0 Å². The Bertz CT molecular complexity index is 294. The molecule has 0 aliphatic carbocycles. The van der Waals surface area contributed by atoms with Crippen molar-refractivity contribution in [3.63, 3.8) is 0 Å². The van der Waals surface area contributed by atoms with Gasteiger partial charge in [0.15, 0.2) is 0 Å². The van der Waals surface area contributed by atoms with Crippen molar-refractivity contribution in [3.05, 3.63) is 25.3 Å². The van der Waals surface area contributed by atoms with Crippen LogP contribution in [0, 0.1) is 17.3 Å². The number of carbonyl (C=O) groups is 1. The van der Waals surface area contributed by atoms with Crippen molar-refractivity contribution in [3.8, 4) is 11.8 Å². The first-order chi connectivity index (χ1) is 7.66. The molecule has 0 unspecified atom stereocenters. The van der Waals surface area contributed by atoms with Gasteiger partial charge in [-0.2, -0.15) is 0 Å². The van der Waals surface area contributed by atoms with E-state index >= 15 is 0 Å². The van der Waals surface area contributed by atoms with Crippen LogP contribution < -0.4 is 0 Å². The lowest BCUT2D eigenvalue weighted by molar-refractivity contribution is -0.151. The van der Waals surface area contributed by atoms with Crippen molar-refractivity contribution in [2.45, 2.75) is 33.1 Å². The summed E-state index contributed by atoms with van der Waals surface area (Å²) in [5.41, 5.74) is -0.796. The van der Waals surface area contributed by atoms with Gasteiger partial charge in [0.05, 0.1) is 6.61 Å². The summed E-state index contributed by atoms with van der Waals surface area (Å²) in [5, 5.41) is 0. The number of rotatable bonds is 6. The fourth-order valence-corrected chi connectivity index (χ4v) is 1.42. The number of allylic oxidation sites excluding steroid dienone is 2. The van der Waals surface area contributed by atoms with Gasteiger partial charge in [-0.1, -0.05) is 25.0 Å². The van der Waals surface area contributed by atoms with Gasteiger partial charge in [-0.15, -0.1) is 19.1 Å². The van der Waals surface area contributed by atoms with Crippen LogP contribution in [0.2, 0.25) is 0 Å². The van der Waals surface area contributed by atoms with Crippen LogP contribution in [0.5, 0.6) is 0 Å². The summed E-state index contributed by atoms with van der Waals surface area (Å²) in [6.07, 6.45) is 5.10. The molecule has 0 aromatic rings. The van der Waals surface area contributed by atoms with E-state index in [-0.39, 0.29) is 5.97 Å². The van der Waals surface area contributed by atoms with E-state index in [0.717, 1.165) is 6.42 Å². The number of esters is 1. The minimum absolute atomic E-state index is 0.282. The monoisotopic (exact) mass is 220 g/mol. The van der Waals surface area contributed by atoms with E-state index in [4.69, 9.17) is 4.74 Å². The van der Waals surface area contributed by atoms with Gasteiger partial charge in [0.2, 0.25) is 0 Å². The molecule has 0 atom stereocenters. The highest BCUT2D eigenvalue weighted by Crippen LogP contribution is 2.29. The second-order valence-corrected chi connectivity index (χ2v) is 3.44. The summed E-state index contributed by atoms with van der Waals surface area (Å²) >= 11 is 0. The van der Waals surface area contributed by atoms with E-state index < -0.39 is 5.41 Å². The molecule has 0 aliphatic rings. The van der Waals surface area contributed by atoms with E-state index in [2.05, 4.69) is 25.0 Å². The van der Waals surface area contributed by atoms with Crippen LogP contribution in [-0.2, 0) is 9.53 Å². The van der Waals surface area contributed by atoms with Crippen molar-refractivity contribution in [2.24, 2.45) is 5.41 Å². The minimum Gasteiger partial charge on any atom is -0.465 e. The Hall–Kier alpha value is -1.49. The topological polar surface area (TPSA) is 26.3 Å². The lowest BCUT2D eigenvalue weighted by atomic mass is 9.81. The molecule has 0 aromatic carbocycles. The van der Waals surface area contributed by atoms with Crippen molar-refractivity contribution in [1.29, 1.82) is 0 Å². The van der Waals surface area contributed by atoms with Gasteiger partial charge >= 0.3 is 5.97 Å². The Labute approximate surface area is 98.4 Å². The van der Waals surface area contributed by atoms with Crippen LogP contribution in [0.25, 0.3) is 0 Å². The average Bonchev–Trinajstić information content (AvgIpc) is 2.27. The summed E-state index contributed by atoms with van der Waals surface area (Å²) in [7, 11) is 0. The van der Waals surface area contributed by atoms with Crippen LogP contribution >= 0.6 is 0 Å². The van der Waals surface area contributed by atoms with Gasteiger partial charge in [0, 0.05) is 6.42 Å². The Balaban J connectivity index is 5.12. The van der Waals surface area contributed by atoms with Gasteiger partial charge in [0.25, 0.3) is 0 Å². The highest BCUT2D eigenvalue weighted by molar-refractivity contribution is 5.81. The van der Waals surface area contributed by atoms with Gasteiger partial charge in [-0.3, -0.25) is 4.79 Å². The van der Waals surface area contributed by atoms with Crippen LogP contribution in [0.3, 0.4) is 0 Å². The van der Waals surface area contributed by atoms with Crippen LogP contribution in [-0.4, -0.2) is 12.6 Å². The number of ether oxygens (including phenoxy) is 1. The first-order valence-electron chi connectivity index (χ1n) is 5.55. The third-order valence-electron chi connectivity index (χ3n) is 2.16. The zero-order chi connectivity index (χ0) is 12.4. The molecule has 2 heteroatoms. The van der Waals surface area contributed by atoms with E-state index in [1.807, 2.05) is 6.92 Å². The van der Waals surface area contributed by atoms with Gasteiger partial charge < -0.3 is 4.74 Å². The third kappa shape index (κ3) is 3.94. The molecule has 0 saturated carbocycles. The predicted molar refractivity (Wildman–Crippen MR) is 66.8 cm³/mol. The molecule has 0 rings (SSSR count). The standard InChI is InChI=1S/C14H20O2/c1-5-9-12-14(10-6-2,11-7-3)13(15)16-8-4/h6-7H,2-3,5,8,10-11H2,1,4H3. The van der Waals surface area contributed by atoms with E-state index in [0.29, 0.717) is 19.4 Å². The predicted octanol–water partition coefficient (Wildman–Crippen LogP) is 3.10. The normalized spacial score (nSPS) is 9.88. The first-order valence-corrected chi connectivity index (χ1v) is 5.55. The summed E-state index contributed by atoms with van der Waals surface area (Å²) in [5.74, 6) is 5.67. The lowest BCUT2D eigenvalue weighted by Gasteiger charge is -2.23. The number of hydrogen-bond acceptors (Lipinski definition) is 2. The van der Waals surface area contributed by atoms with Crippen molar-refractivity contribution >= 4 is 5.97 Å². The summed E-state index contributed by atoms with van der Waals surface area (Å²) in [6.45, 7) is 11.4. The SMILES string of the molecule is C=CCC(C#CCC)(CC=C)C(=O)OCC. The second-order valence-electron chi connectivity index (χ2n) is 3.44. The molecular formula is C14H20O2. The third-order valence-corrected chi connectivity index (χ3v) is 2.16. The maximum Gasteiger partial charge on any atom is 0.324 e. The number of hydrogen-bond donors (Lipinski definition) is 0. The Morgan fingerprint density at radius 2 is 1.88 bits per heavy atom. The average molecular weight is 220 g/mol. The highest BCUT2D eigenvalue weighted by atomic mass is 16.5. The molecule has 0 amide bonds. The van der Waals surface area contributed by atoms with Crippen LogP contribution in [0.1, 0.15) is 33.1 Å². The van der Waals surface area contributed by atoms with Crippen molar-refractivity contribution in [1.82, 2.24) is 0 Å². The largest absolute Gasteiger partial charge is 0.465 e. The summed E-state index contributed by atoms with van der Waals surface area (Å²) in [4.78, 5) is 11.9. The smallest absolute Gasteiger partial charge is 0.324 e. The molecule has 0 fully saturated rings. The molecule has 0 heterocycles. The van der Waals surface area contributed by atoms with Crippen LogP contribution in [0.15, 0.2) is 25.3 Å². The maximum atomic E-state index is 11.9. The van der Waals surface area contributed by atoms with E-state index in [1.54, 1.807) is 19.1 Å². The fraction of sp³-hybridized carbons (Fsp3) is 0.500. The molecule has 0 N–H and O–H groups in total. The zero-order valence-electron chi connectivity index (χ0n) is 10.2. The number of carbonyl (C=O) groups excluding carboxylic acids is 1. The molecule has 0 aromatic heterocycles. The van der Waals surface area contributed by atoms with Gasteiger partial charge in [-0.05, 0) is 19.8 Å². The van der Waals surface area contributed by atoms with Gasteiger partial charge in [0.1, 0.15) is 5.41 Å². The summed E-state index contributed by atoms with van der Waals surface area (Å²) < 4.78 is 5.07. The molecular weight excluding hydrogens is 200 g/mol. The van der Waals surface area contributed by atoms with Crippen molar-refractivity contribution < 1.29 is 9.53 Å². The molecule has 2 nitrogen and oxygen atoms in total. The van der Waals surface area contributed by atoms with Gasteiger partial charge in [-0.25, -0.2) is 0 Å². The fourth-order valence-electron chi connectivity index (χ4n) is 1.42. The highest BCUT2D eigenvalue weighted by Gasteiger charge is 2.35. The van der Waals surface area contributed by atoms with E-state index in [1.165, 1.54) is 0 Å². The quantitative estimate of drug-likeness (QED) is 0.390. The molecule has 0 bridgehead atoms. The molecule has 0 aliphatic heterocycles. The minimum atomic E-state index is -0.796. The molecule has 88 valence electrons. The Morgan fingerprint density at radius 3 is 2.25 bits per heavy atom. The Morgan fingerprint density at radius 1 is 1.31 bits per heavy atom. The first kappa shape index (κ1) is 14.5. The van der Waals surface area contributed by atoms with Crippen molar-refractivity contribution in [2.75, 3.05) is 6.61 Å². The maximum absolute atomic E-state index is 11.9. The molecule has 0 radical (unpaired) electrons.